The summed E-state index contributed by atoms with van der Waals surface area (Å²) in [6.45, 7) is 6.96. The van der Waals surface area contributed by atoms with Crippen molar-refractivity contribution in [1.29, 1.82) is 0 Å². The number of nitrogens with zero attached hydrogens (tertiary/aromatic N) is 2. The van der Waals surface area contributed by atoms with Crippen LogP contribution in [0.3, 0.4) is 0 Å². The van der Waals surface area contributed by atoms with Crippen molar-refractivity contribution in [2.24, 2.45) is 17.8 Å². The number of benzene rings is 2. The largest absolute Gasteiger partial charge is 0.461 e. The van der Waals surface area contributed by atoms with E-state index >= 15 is 0 Å². The van der Waals surface area contributed by atoms with Gasteiger partial charge < -0.3 is 9.30 Å². The molecule has 1 aliphatic rings. The van der Waals surface area contributed by atoms with Gasteiger partial charge in [-0.2, -0.15) is 13.2 Å². The summed E-state index contributed by atoms with van der Waals surface area (Å²) in [6, 6.07) is 13.2. The number of esters is 1. The Labute approximate surface area is 208 Å². The monoisotopic (exact) mass is 504 g/mol. The van der Waals surface area contributed by atoms with Crippen molar-refractivity contribution >= 4 is 28.8 Å². The average Bonchev–Trinajstić information content (AvgIpc) is 3.14. The molecule has 1 heterocycles. The van der Waals surface area contributed by atoms with Crippen LogP contribution in [-0.4, -0.2) is 27.4 Å². The minimum atomic E-state index is -4.45. The fourth-order valence-corrected chi connectivity index (χ4v) is 5.69. The highest BCUT2D eigenvalue weighted by Crippen LogP contribution is 2.36. The summed E-state index contributed by atoms with van der Waals surface area (Å²) in [5.74, 6) is 1.05. The summed E-state index contributed by atoms with van der Waals surface area (Å²) in [5, 5.41) is 0.498. The van der Waals surface area contributed by atoms with E-state index in [1.54, 1.807) is 0 Å². The van der Waals surface area contributed by atoms with E-state index in [9.17, 15) is 18.0 Å². The van der Waals surface area contributed by atoms with Gasteiger partial charge in [0.15, 0.2) is 5.16 Å². The van der Waals surface area contributed by atoms with Crippen LogP contribution in [0.5, 0.6) is 0 Å². The molecule has 1 fully saturated rings. The van der Waals surface area contributed by atoms with Crippen LogP contribution in [0, 0.1) is 17.8 Å². The average molecular weight is 505 g/mol. The van der Waals surface area contributed by atoms with E-state index < -0.39 is 11.7 Å². The molecule has 0 radical (unpaired) electrons. The van der Waals surface area contributed by atoms with Crippen molar-refractivity contribution in [3.63, 3.8) is 0 Å². The smallest absolute Gasteiger partial charge is 0.416 e. The van der Waals surface area contributed by atoms with E-state index in [1.807, 2.05) is 34.9 Å². The quantitative estimate of drug-likeness (QED) is 0.252. The molecule has 3 aromatic rings. The van der Waals surface area contributed by atoms with Crippen molar-refractivity contribution in [1.82, 2.24) is 9.55 Å². The molecule has 188 valence electrons. The van der Waals surface area contributed by atoms with E-state index in [4.69, 9.17) is 4.74 Å². The number of aromatic nitrogens is 2. The molecule has 1 aliphatic carbocycles. The second-order valence-corrected chi connectivity index (χ2v) is 10.8. The van der Waals surface area contributed by atoms with Gasteiger partial charge in [-0.25, -0.2) is 4.98 Å². The number of hydrogen-bond donors (Lipinski definition) is 0. The Bertz CT molecular complexity index is 1160. The fraction of sp³-hybridized carbons (Fsp3) is 0.481. The SMILES string of the molecule is CC(C)[C@@H]1CC[C@@H](C)C[C@@H]1OC(=O)CSc1nc2cc(C(F)(F)F)ccc2n1Cc1ccccc1. The molecule has 1 saturated carbocycles. The number of thioether (sulfide) groups is 1. The first-order valence-electron chi connectivity index (χ1n) is 12.1. The first-order chi connectivity index (χ1) is 16.6. The molecule has 1 aromatic heterocycles. The Hall–Kier alpha value is -2.48. The molecule has 0 bridgehead atoms. The van der Waals surface area contributed by atoms with E-state index in [0.29, 0.717) is 35.0 Å². The maximum absolute atomic E-state index is 13.3. The molecule has 0 aliphatic heterocycles. The zero-order valence-corrected chi connectivity index (χ0v) is 21.0. The van der Waals surface area contributed by atoms with Gasteiger partial charge in [-0.15, -0.1) is 0 Å². The summed E-state index contributed by atoms with van der Waals surface area (Å²) < 4.78 is 47.6. The third kappa shape index (κ3) is 6.21. The van der Waals surface area contributed by atoms with Crippen molar-refractivity contribution < 1.29 is 22.7 Å². The second kappa shape index (κ2) is 10.6. The predicted molar refractivity (Wildman–Crippen MR) is 132 cm³/mol. The van der Waals surface area contributed by atoms with Crippen molar-refractivity contribution in [3.8, 4) is 0 Å². The van der Waals surface area contributed by atoms with Crippen LogP contribution < -0.4 is 0 Å². The minimum absolute atomic E-state index is 0.0555. The zero-order valence-electron chi connectivity index (χ0n) is 20.2. The lowest BCUT2D eigenvalue weighted by atomic mass is 9.75. The second-order valence-electron chi connectivity index (χ2n) is 9.81. The maximum Gasteiger partial charge on any atom is 0.416 e. The van der Waals surface area contributed by atoms with Crippen LogP contribution in [0.4, 0.5) is 13.2 Å². The van der Waals surface area contributed by atoms with Gasteiger partial charge in [-0.05, 0) is 54.4 Å². The van der Waals surface area contributed by atoms with E-state index in [0.717, 1.165) is 37.0 Å². The molecule has 0 unspecified atom stereocenters. The first-order valence-corrected chi connectivity index (χ1v) is 13.0. The van der Waals surface area contributed by atoms with Crippen molar-refractivity contribution in [3.05, 3.63) is 59.7 Å². The van der Waals surface area contributed by atoms with Crippen LogP contribution in [-0.2, 0) is 22.3 Å². The molecule has 0 N–H and O–H groups in total. The summed E-state index contributed by atoms with van der Waals surface area (Å²) >= 11 is 1.21. The Morgan fingerprint density at radius 3 is 2.60 bits per heavy atom. The predicted octanol–water partition coefficient (Wildman–Crippen LogP) is 7.20. The third-order valence-electron chi connectivity index (χ3n) is 6.79. The van der Waals surface area contributed by atoms with Gasteiger partial charge in [0.1, 0.15) is 6.10 Å². The minimum Gasteiger partial charge on any atom is -0.461 e. The molecular formula is C27H31F3N2O2S. The molecular weight excluding hydrogens is 473 g/mol. The molecule has 0 saturated heterocycles. The molecule has 0 spiro atoms. The topological polar surface area (TPSA) is 44.1 Å². The summed E-state index contributed by atoms with van der Waals surface area (Å²) in [7, 11) is 0. The fourth-order valence-electron chi connectivity index (χ4n) is 4.89. The third-order valence-corrected chi connectivity index (χ3v) is 7.74. The summed E-state index contributed by atoms with van der Waals surface area (Å²) in [6.07, 6.45) is -1.47. The number of ether oxygens (including phenoxy) is 1. The number of carbonyl (C=O) groups excluding carboxylic acids is 1. The number of halogens is 3. The molecule has 3 atom stereocenters. The number of rotatable bonds is 7. The molecule has 8 heteroatoms. The lowest BCUT2D eigenvalue weighted by Gasteiger charge is -2.36. The Kier molecular flexibility index (Phi) is 7.79. The highest BCUT2D eigenvalue weighted by Gasteiger charge is 2.34. The Morgan fingerprint density at radius 1 is 1.17 bits per heavy atom. The number of hydrogen-bond acceptors (Lipinski definition) is 4. The Balaban J connectivity index is 1.55. The number of carbonyl (C=O) groups is 1. The molecule has 35 heavy (non-hydrogen) atoms. The number of fused-ring (bicyclic) bond motifs is 1. The van der Waals surface area contributed by atoms with Crippen LogP contribution >= 0.6 is 11.8 Å². The number of alkyl halides is 3. The summed E-state index contributed by atoms with van der Waals surface area (Å²) in [5.41, 5.74) is 1.11. The van der Waals surface area contributed by atoms with E-state index in [1.165, 1.54) is 17.8 Å². The van der Waals surface area contributed by atoms with Crippen LogP contribution in [0.2, 0.25) is 0 Å². The zero-order chi connectivity index (χ0) is 25.2. The highest BCUT2D eigenvalue weighted by atomic mass is 32.2. The maximum atomic E-state index is 13.3. The van der Waals surface area contributed by atoms with Crippen molar-refractivity contribution in [2.75, 3.05) is 5.75 Å². The number of imidazole rings is 1. The van der Waals surface area contributed by atoms with Gasteiger partial charge in [0.05, 0.1) is 28.9 Å². The molecule has 2 aromatic carbocycles. The lowest BCUT2D eigenvalue weighted by Crippen LogP contribution is -2.36. The van der Waals surface area contributed by atoms with E-state index in [2.05, 4.69) is 25.8 Å². The van der Waals surface area contributed by atoms with Gasteiger partial charge in [-0.1, -0.05) is 69.3 Å². The van der Waals surface area contributed by atoms with Crippen molar-refractivity contribution in [2.45, 2.75) is 64.0 Å². The highest BCUT2D eigenvalue weighted by molar-refractivity contribution is 7.99. The molecule has 0 amide bonds. The normalized spacial score (nSPS) is 20.9. The van der Waals surface area contributed by atoms with Gasteiger partial charge in [0, 0.05) is 0 Å². The Morgan fingerprint density at radius 2 is 1.91 bits per heavy atom. The van der Waals surface area contributed by atoms with Gasteiger partial charge in [0.25, 0.3) is 0 Å². The van der Waals surface area contributed by atoms with Gasteiger partial charge in [0.2, 0.25) is 0 Å². The van der Waals surface area contributed by atoms with Crippen LogP contribution in [0.25, 0.3) is 11.0 Å². The van der Waals surface area contributed by atoms with Crippen LogP contribution in [0.15, 0.2) is 53.7 Å². The molecule has 4 nitrogen and oxygen atoms in total. The van der Waals surface area contributed by atoms with Gasteiger partial charge in [-0.3, -0.25) is 4.79 Å². The first kappa shape index (κ1) is 25.6. The molecule has 4 rings (SSSR count). The standard InChI is InChI=1S/C27H31F3N2O2S/c1-17(2)21-11-9-18(3)13-24(21)34-25(33)16-35-26-31-22-14-20(27(28,29)30)10-12-23(22)32(26)15-19-7-5-4-6-8-19/h4-8,10,12,14,17-18,21,24H,9,11,13,15-16H2,1-3H3/t18-,21+,24+/m1/s1. The summed E-state index contributed by atoms with van der Waals surface area (Å²) in [4.78, 5) is 17.3. The van der Waals surface area contributed by atoms with Crippen LogP contribution in [0.1, 0.15) is 51.2 Å². The lowest BCUT2D eigenvalue weighted by molar-refractivity contribution is -0.152. The van der Waals surface area contributed by atoms with Gasteiger partial charge >= 0.3 is 12.1 Å². The van der Waals surface area contributed by atoms with E-state index in [-0.39, 0.29) is 23.3 Å².